The SMILES string of the molecule is Cc1coc(NC(=O)c2ccc(NN)c(C(F)(F)F)c2)n1. The van der Waals surface area contributed by atoms with Gasteiger partial charge in [-0.1, -0.05) is 0 Å². The van der Waals surface area contributed by atoms with Gasteiger partial charge in [0.25, 0.3) is 5.91 Å². The fourth-order valence-electron chi connectivity index (χ4n) is 1.63. The molecule has 1 aromatic carbocycles. The largest absolute Gasteiger partial charge is 0.432 e. The third kappa shape index (κ3) is 3.31. The van der Waals surface area contributed by atoms with E-state index in [-0.39, 0.29) is 17.3 Å². The van der Waals surface area contributed by atoms with Gasteiger partial charge in [-0.2, -0.15) is 18.2 Å². The predicted octanol–water partition coefficient (Wildman–Crippen LogP) is 2.54. The molecule has 0 radical (unpaired) electrons. The van der Waals surface area contributed by atoms with Gasteiger partial charge in [0.2, 0.25) is 0 Å². The average Bonchev–Trinajstić information content (AvgIpc) is 2.82. The molecule has 0 saturated heterocycles. The monoisotopic (exact) mass is 300 g/mol. The standard InChI is InChI=1S/C12H11F3N4O2/c1-6-5-21-11(17-6)18-10(20)7-2-3-9(19-16)8(4-7)12(13,14)15/h2-5,19H,16H2,1H3,(H,17,18,20). The van der Waals surface area contributed by atoms with Crippen LogP contribution in [0, 0.1) is 6.92 Å². The van der Waals surface area contributed by atoms with Crippen LogP contribution in [0.4, 0.5) is 24.9 Å². The van der Waals surface area contributed by atoms with Crippen LogP contribution in [0.5, 0.6) is 0 Å². The fraction of sp³-hybridized carbons (Fsp3) is 0.167. The molecule has 9 heteroatoms. The van der Waals surface area contributed by atoms with E-state index in [9.17, 15) is 18.0 Å². The number of aryl methyl sites for hydroxylation is 1. The molecule has 0 bridgehead atoms. The summed E-state index contributed by atoms with van der Waals surface area (Å²) in [5.41, 5.74) is 0.905. The molecule has 4 N–H and O–H groups in total. The topological polar surface area (TPSA) is 93.2 Å². The number of rotatable bonds is 3. The Hall–Kier alpha value is -2.55. The van der Waals surface area contributed by atoms with Crippen molar-refractivity contribution in [3.8, 4) is 0 Å². The second-order valence-corrected chi connectivity index (χ2v) is 4.15. The van der Waals surface area contributed by atoms with Gasteiger partial charge in [0.15, 0.2) is 0 Å². The van der Waals surface area contributed by atoms with Crippen LogP contribution in [0.1, 0.15) is 21.6 Å². The molecule has 112 valence electrons. The van der Waals surface area contributed by atoms with Crippen LogP contribution in [-0.2, 0) is 6.18 Å². The number of hydrogen-bond acceptors (Lipinski definition) is 5. The summed E-state index contributed by atoms with van der Waals surface area (Å²) in [6.07, 6.45) is -3.34. The highest BCUT2D eigenvalue weighted by Crippen LogP contribution is 2.35. The molecule has 0 spiro atoms. The zero-order valence-corrected chi connectivity index (χ0v) is 10.8. The van der Waals surface area contributed by atoms with Gasteiger partial charge < -0.3 is 9.84 Å². The first kappa shape index (κ1) is 14.9. The van der Waals surface area contributed by atoms with Crippen molar-refractivity contribution in [2.24, 2.45) is 5.84 Å². The summed E-state index contributed by atoms with van der Waals surface area (Å²) >= 11 is 0. The number of benzene rings is 1. The molecule has 2 aromatic rings. The Morgan fingerprint density at radius 3 is 2.62 bits per heavy atom. The Kier molecular flexibility index (Phi) is 3.85. The number of nitrogens with one attached hydrogen (secondary N) is 2. The van der Waals surface area contributed by atoms with Crippen LogP contribution in [0.15, 0.2) is 28.9 Å². The van der Waals surface area contributed by atoms with Crippen LogP contribution in [-0.4, -0.2) is 10.9 Å². The lowest BCUT2D eigenvalue weighted by Gasteiger charge is -2.13. The number of amides is 1. The molecule has 6 nitrogen and oxygen atoms in total. The number of alkyl halides is 3. The Labute approximate surface area is 117 Å². The van der Waals surface area contributed by atoms with Crippen molar-refractivity contribution in [2.75, 3.05) is 10.7 Å². The highest BCUT2D eigenvalue weighted by molar-refractivity contribution is 6.03. The van der Waals surface area contributed by atoms with Gasteiger partial charge in [-0.25, -0.2) is 0 Å². The molecule has 1 heterocycles. The average molecular weight is 300 g/mol. The van der Waals surface area contributed by atoms with Crippen molar-refractivity contribution in [1.29, 1.82) is 0 Å². The van der Waals surface area contributed by atoms with Crippen molar-refractivity contribution in [3.05, 3.63) is 41.3 Å². The summed E-state index contributed by atoms with van der Waals surface area (Å²) in [5.74, 6) is 4.25. The quantitative estimate of drug-likeness (QED) is 0.598. The van der Waals surface area contributed by atoms with Crippen molar-refractivity contribution in [1.82, 2.24) is 4.98 Å². The fourth-order valence-corrected chi connectivity index (χ4v) is 1.63. The minimum Gasteiger partial charge on any atom is -0.432 e. The number of hydrogen-bond donors (Lipinski definition) is 3. The number of carbonyl (C=O) groups excluding carboxylic acids is 1. The van der Waals surface area contributed by atoms with Gasteiger partial charge in [-0.05, 0) is 25.1 Å². The smallest absolute Gasteiger partial charge is 0.418 e. The number of carbonyl (C=O) groups is 1. The lowest BCUT2D eigenvalue weighted by molar-refractivity contribution is -0.137. The molecule has 0 aliphatic rings. The van der Waals surface area contributed by atoms with Crippen LogP contribution in [0.3, 0.4) is 0 Å². The lowest BCUT2D eigenvalue weighted by atomic mass is 10.1. The Morgan fingerprint density at radius 2 is 2.10 bits per heavy atom. The Morgan fingerprint density at radius 1 is 1.38 bits per heavy atom. The number of oxazole rings is 1. The maximum atomic E-state index is 12.9. The van der Waals surface area contributed by atoms with E-state index in [0.717, 1.165) is 6.07 Å². The highest BCUT2D eigenvalue weighted by atomic mass is 19.4. The number of anilines is 2. The molecule has 0 unspecified atom stereocenters. The summed E-state index contributed by atoms with van der Waals surface area (Å²) in [5, 5.41) is 2.26. The molecule has 1 aromatic heterocycles. The van der Waals surface area contributed by atoms with Crippen LogP contribution in [0.25, 0.3) is 0 Å². The lowest BCUT2D eigenvalue weighted by Crippen LogP contribution is -2.18. The summed E-state index contributed by atoms with van der Waals surface area (Å²) in [4.78, 5) is 15.7. The molecule has 0 aliphatic heterocycles. The summed E-state index contributed by atoms with van der Waals surface area (Å²) in [7, 11) is 0. The first-order valence-electron chi connectivity index (χ1n) is 5.72. The van der Waals surface area contributed by atoms with E-state index in [1.807, 2.05) is 5.43 Å². The van der Waals surface area contributed by atoms with Crippen LogP contribution in [0.2, 0.25) is 0 Å². The number of nitrogens with zero attached hydrogens (tertiary/aromatic N) is 1. The normalized spacial score (nSPS) is 11.3. The highest BCUT2D eigenvalue weighted by Gasteiger charge is 2.34. The first-order valence-corrected chi connectivity index (χ1v) is 5.72. The molecule has 1 amide bonds. The third-order valence-corrected chi connectivity index (χ3v) is 2.58. The van der Waals surface area contributed by atoms with Crippen molar-refractivity contribution in [2.45, 2.75) is 13.1 Å². The van der Waals surface area contributed by atoms with E-state index in [2.05, 4.69) is 10.3 Å². The molecule has 0 atom stereocenters. The molecular formula is C12H11F3N4O2. The maximum absolute atomic E-state index is 12.9. The van der Waals surface area contributed by atoms with Crippen molar-refractivity contribution >= 4 is 17.6 Å². The van der Waals surface area contributed by atoms with Gasteiger partial charge >= 0.3 is 12.2 Å². The van der Waals surface area contributed by atoms with Crippen LogP contribution < -0.4 is 16.6 Å². The Bertz CT molecular complexity index is 667. The summed E-state index contributed by atoms with van der Waals surface area (Å²) in [6, 6.07) is 2.88. The molecular weight excluding hydrogens is 289 g/mol. The number of nitrogens with two attached hydrogens (primary N) is 1. The van der Waals surface area contributed by atoms with Gasteiger partial charge in [-0.15, -0.1) is 0 Å². The van der Waals surface area contributed by atoms with Gasteiger partial charge in [0.05, 0.1) is 16.9 Å². The minimum atomic E-state index is -4.64. The van der Waals surface area contributed by atoms with Gasteiger partial charge in [0, 0.05) is 5.56 Å². The predicted molar refractivity (Wildman–Crippen MR) is 68.4 cm³/mol. The number of halogens is 3. The molecule has 21 heavy (non-hydrogen) atoms. The van der Waals surface area contributed by atoms with Crippen LogP contribution >= 0.6 is 0 Å². The van der Waals surface area contributed by atoms with Crippen molar-refractivity contribution in [3.63, 3.8) is 0 Å². The second-order valence-electron chi connectivity index (χ2n) is 4.15. The summed E-state index contributed by atoms with van der Waals surface area (Å²) in [6.45, 7) is 1.64. The van der Waals surface area contributed by atoms with E-state index in [1.165, 1.54) is 12.3 Å². The number of hydrazine groups is 1. The molecule has 0 aliphatic carbocycles. The van der Waals surface area contributed by atoms with Gasteiger partial charge in [0.1, 0.15) is 6.26 Å². The molecule has 0 fully saturated rings. The molecule has 2 rings (SSSR count). The van der Waals surface area contributed by atoms with E-state index in [4.69, 9.17) is 10.3 Å². The van der Waals surface area contributed by atoms with E-state index in [0.29, 0.717) is 11.8 Å². The molecule has 0 saturated carbocycles. The van der Waals surface area contributed by atoms with E-state index < -0.39 is 17.6 Å². The zero-order valence-electron chi connectivity index (χ0n) is 10.8. The number of nitrogen functional groups attached to an aromatic ring is 1. The number of aromatic nitrogens is 1. The third-order valence-electron chi connectivity index (χ3n) is 2.58. The zero-order chi connectivity index (χ0) is 15.6. The van der Waals surface area contributed by atoms with Gasteiger partial charge in [-0.3, -0.25) is 16.0 Å². The first-order chi connectivity index (χ1) is 9.81. The van der Waals surface area contributed by atoms with E-state index in [1.54, 1.807) is 6.92 Å². The Balaban J connectivity index is 2.29. The minimum absolute atomic E-state index is 0.0907. The van der Waals surface area contributed by atoms with Crippen molar-refractivity contribution < 1.29 is 22.4 Å². The maximum Gasteiger partial charge on any atom is 0.418 e. The van der Waals surface area contributed by atoms with E-state index >= 15 is 0 Å². The summed E-state index contributed by atoms with van der Waals surface area (Å²) < 4.78 is 43.5. The second kappa shape index (κ2) is 5.44.